The number of nitrogens with one attached hydrogen (secondary N) is 3. The molecule has 1 aromatic rings. The van der Waals surface area contributed by atoms with Crippen LogP contribution in [0.5, 0.6) is 0 Å². The number of rotatable bonds is 7. The average molecular weight is 319 g/mol. The third-order valence-corrected chi connectivity index (χ3v) is 3.69. The maximum atomic E-state index is 11.7. The molecule has 0 aliphatic carbocycles. The number of carbonyl (C=O) groups is 3. The zero-order chi connectivity index (χ0) is 16.8. The Morgan fingerprint density at radius 2 is 2.17 bits per heavy atom. The SMILES string of the molecule is CCCNc1ccc(C(=O)O)c(CNC2CCC(=O)NC2=O)c1. The van der Waals surface area contributed by atoms with Crippen LogP contribution in [0.4, 0.5) is 5.69 Å². The van der Waals surface area contributed by atoms with Crippen LogP contribution in [0.2, 0.25) is 0 Å². The van der Waals surface area contributed by atoms with Gasteiger partial charge in [-0.2, -0.15) is 0 Å². The van der Waals surface area contributed by atoms with E-state index in [2.05, 4.69) is 16.0 Å². The molecule has 1 aromatic carbocycles. The summed E-state index contributed by atoms with van der Waals surface area (Å²) in [5.74, 6) is -1.64. The second-order valence-electron chi connectivity index (χ2n) is 5.49. The molecule has 2 amide bonds. The Morgan fingerprint density at radius 1 is 1.39 bits per heavy atom. The fourth-order valence-corrected chi connectivity index (χ4v) is 2.45. The molecular weight excluding hydrogens is 298 g/mol. The molecule has 1 heterocycles. The van der Waals surface area contributed by atoms with Crippen molar-refractivity contribution in [3.05, 3.63) is 29.3 Å². The maximum absolute atomic E-state index is 11.7. The van der Waals surface area contributed by atoms with E-state index in [4.69, 9.17) is 0 Å². The van der Waals surface area contributed by atoms with Crippen LogP contribution in [0, 0.1) is 0 Å². The lowest BCUT2D eigenvalue weighted by molar-refractivity contribution is -0.134. The number of anilines is 1. The molecule has 2 rings (SSSR count). The standard InChI is InChI=1S/C16H21N3O4/c1-2-7-17-11-3-4-12(16(22)23)10(8-11)9-18-13-5-6-14(20)19-15(13)21/h3-4,8,13,17-18H,2,5-7,9H2,1H3,(H,22,23)(H,19,20,21). The average Bonchev–Trinajstić information content (AvgIpc) is 2.52. The fraction of sp³-hybridized carbons (Fsp3) is 0.438. The fourth-order valence-electron chi connectivity index (χ4n) is 2.45. The van der Waals surface area contributed by atoms with Gasteiger partial charge in [0, 0.05) is 25.2 Å². The molecule has 1 fully saturated rings. The second-order valence-corrected chi connectivity index (χ2v) is 5.49. The summed E-state index contributed by atoms with van der Waals surface area (Å²) in [6.07, 6.45) is 1.67. The molecule has 0 bridgehead atoms. The Kier molecular flexibility index (Phi) is 5.70. The number of imide groups is 1. The number of hydrogen-bond acceptors (Lipinski definition) is 5. The van der Waals surface area contributed by atoms with E-state index >= 15 is 0 Å². The molecule has 1 atom stereocenters. The van der Waals surface area contributed by atoms with Gasteiger partial charge in [0.25, 0.3) is 0 Å². The first kappa shape index (κ1) is 17.0. The van der Waals surface area contributed by atoms with Crippen molar-refractivity contribution >= 4 is 23.5 Å². The lowest BCUT2D eigenvalue weighted by atomic mass is 10.0. The Morgan fingerprint density at radius 3 is 2.83 bits per heavy atom. The summed E-state index contributed by atoms with van der Waals surface area (Å²) in [4.78, 5) is 34.2. The van der Waals surface area contributed by atoms with Crippen LogP contribution < -0.4 is 16.0 Å². The lowest BCUT2D eigenvalue weighted by Crippen LogP contribution is -2.50. The largest absolute Gasteiger partial charge is 0.478 e. The third-order valence-electron chi connectivity index (χ3n) is 3.69. The van der Waals surface area contributed by atoms with Crippen molar-refractivity contribution in [3.63, 3.8) is 0 Å². The molecule has 1 aliphatic heterocycles. The predicted octanol–water partition coefficient (Wildman–Crippen LogP) is 1.10. The third kappa shape index (κ3) is 4.53. The predicted molar refractivity (Wildman–Crippen MR) is 85.2 cm³/mol. The summed E-state index contributed by atoms with van der Waals surface area (Å²) in [5, 5.41) is 17.8. The normalized spacial score (nSPS) is 17.7. The van der Waals surface area contributed by atoms with Crippen LogP contribution in [0.15, 0.2) is 18.2 Å². The molecular formula is C16H21N3O4. The van der Waals surface area contributed by atoms with Crippen LogP contribution in [0.3, 0.4) is 0 Å². The number of carboxylic acid groups (broad SMARTS) is 1. The number of carbonyl (C=O) groups excluding carboxylic acids is 2. The molecule has 124 valence electrons. The minimum absolute atomic E-state index is 0.201. The molecule has 0 spiro atoms. The van der Waals surface area contributed by atoms with Crippen LogP contribution in [-0.2, 0) is 16.1 Å². The summed E-state index contributed by atoms with van der Waals surface area (Å²) in [7, 11) is 0. The van der Waals surface area contributed by atoms with Gasteiger partial charge in [-0.1, -0.05) is 6.92 Å². The van der Waals surface area contributed by atoms with E-state index in [1.807, 2.05) is 6.92 Å². The van der Waals surface area contributed by atoms with Gasteiger partial charge in [0.05, 0.1) is 11.6 Å². The summed E-state index contributed by atoms with van der Waals surface area (Å²) in [6.45, 7) is 3.09. The van der Waals surface area contributed by atoms with Gasteiger partial charge in [-0.25, -0.2) is 4.79 Å². The van der Waals surface area contributed by atoms with Crippen LogP contribution in [-0.4, -0.2) is 35.5 Å². The minimum atomic E-state index is -1.01. The molecule has 0 saturated carbocycles. The second kappa shape index (κ2) is 7.73. The number of amides is 2. The van der Waals surface area contributed by atoms with Gasteiger partial charge in [0.1, 0.15) is 0 Å². The molecule has 23 heavy (non-hydrogen) atoms. The highest BCUT2D eigenvalue weighted by atomic mass is 16.4. The van der Waals surface area contributed by atoms with E-state index in [-0.39, 0.29) is 30.3 Å². The Hall–Kier alpha value is -2.41. The quantitative estimate of drug-likeness (QED) is 0.561. The van der Waals surface area contributed by atoms with Gasteiger partial charge in [0.15, 0.2) is 0 Å². The van der Waals surface area contributed by atoms with Gasteiger partial charge in [-0.05, 0) is 36.6 Å². The van der Waals surface area contributed by atoms with E-state index < -0.39 is 12.0 Å². The number of carboxylic acids is 1. The Balaban J connectivity index is 2.08. The highest BCUT2D eigenvalue weighted by Gasteiger charge is 2.26. The number of aromatic carboxylic acids is 1. The molecule has 0 aromatic heterocycles. The maximum Gasteiger partial charge on any atom is 0.336 e. The smallest absolute Gasteiger partial charge is 0.336 e. The van der Waals surface area contributed by atoms with Crippen molar-refractivity contribution in [2.24, 2.45) is 0 Å². The summed E-state index contributed by atoms with van der Waals surface area (Å²) < 4.78 is 0. The van der Waals surface area contributed by atoms with Gasteiger partial charge < -0.3 is 15.7 Å². The van der Waals surface area contributed by atoms with Crippen molar-refractivity contribution in [1.82, 2.24) is 10.6 Å². The molecule has 1 aliphatic rings. The van der Waals surface area contributed by atoms with Crippen molar-refractivity contribution < 1.29 is 19.5 Å². The molecule has 1 unspecified atom stereocenters. The van der Waals surface area contributed by atoms with Crippen molar-refractivity contribution in [2.45, 2.75) is 38.8 Å². The van der Waals surface area contributed by atoms with Crippen molar-refractivity contribution in [3.8, 4) is 0 Å². The monoisotopic (exact) mass is 319 g/mol. The Bertz CT molecular complexity index is 615. The first-order chi connectivity index (χ1) is 11.0. The topological polar surface area (TPSA) is 108 Å². The van der Waals surface area contributed by atoms with E-state index in [0.29, 0.717) is 12.0 Å². The van der Waals surface area contributed by atoms with Gasteiger partial charge in [-0.15, -0.1) is 0 Å². The van der Waals surface area contributed by atoms with E-state index in [9.17, 15) is 19.5 Å². The summed E-state index contributed by atoms with van der Waals surface area (Å²) in [5.41, 5.74) is 1.65. The highest BCUT2D eigenvalue weighted by molar-refractivity contribution is 6.00. The number of benzene rings is 1. The van der Waals surface area contributed by atoms with E-state index in [0.717, 1.165) is 18.7 Å². The van der Waals surface area contributed by atoms with Crippen LogP contribution in [0.1, 0.15) is 42.1 Å². The molecule has 0 radical (unpaired) electrons. The summed E-state index contributed by atoms with van der Waals surface area (Å²) >= 11 is 0. The Labute approximate surface area is 134 Å². The zero-order valence-electron chi connectivity index (χ0n) is 13.0. The molecule has 1 saturated heterocycles. The minimum Gasteiger partial charge on any atom is -0.478 e. The molecule has 4 N–H and O–H groups in total. The lowest BCUT2D eigenvalue weighted by Gasteiger charge is -2.22. The molecule has 7 heteroatoms. The zero-order valence-corrected chi connectivity index (χ0v) is 13.0. The van der Waals surface area contributed by atoms with E-state index in [1.54, 1.807) is 18.2 Å². The van der Waals surface area contributed by atoms with Gasteiger partial charge >= 0.3 is 5.97 Å². The van der Waals surface area contributed by atoms with Crippen LogP contribution in [0.25, 0.3) is 0 Å². The van der Waals surface area contributed by atoms with Crippen molar-refractivity contribution in [2.75, 3.05) is 11.9 Å². The number of hydrogen-bond donors (Lipinski definition) is 4. The van der Waals surface area contributed by atoms with Crippen LogP contribution >= 0.6 is 0 Å². The van der Waals surface area contributed by atoms with E-state index in [1.165, 1.54) is 0 Å². The highest BCUT2D eigenvalue weighted by Crippen LogP contribution is 2.17. The molecule has 7 nitrogen and oxygen atoms in total. The van der Waals surface area contributed by atoms with Crippen molar-refractivity contribution in [1.29, 1.82) is 0 Å². The van der Waals surface area contributed by atoms with Gasteiger partial charge in [0.2, 0.25) is 11.8 Å². The first-order valence-electron chi connectivity index (χ1n) is 7.68. The van der Waals surface area contributed by atoms with Gasteiger partial charge in [-0.3, -0.25) is 14.9 Å². The number of piperidine rings is 1. The first-order valence-corrected chi connectivity index (χ1v) is 7.68. The summed E-state index contributed by atoms with van der Waals surface area (Å²) in [6, 6.07) is 4.58.